The summed E-state index contributed by atoms with van der Waals surface area (Å²) in [5.41, 5.74) is 0.825. The number of rotatable bonds is 7. The lowest BCUT2D eigenvalue weighted by Gasteiger charge is -2.15. The second-order valence-electron chi connectivity index (χ2n) is 3.93. The van der Waals surface area contributed by atoms with Crippen LogP contribution >= 0.6 is 0 Å². The average molecular weight is 291 g/mol. The molecule has 0 bridgehead atoms. The third-order valence-corrected chi connectivity index (χ3v) is 2.39. The van der Waals surface area contributed by atoms with Crippen LogP contribution < -0.4 is 0 Å². The van der Waals surface area contributed by atoms with Crippen LogP contribution in [0.1, 0.15) is 12.5 Å². The first-order valence-corrected chi connectivity index (χ1v) is 6.43. The van der Waals surface area contributed by atoms with Crippen LogP contribution in [0, 0.1) is 0 Å². The summed E-state index contributed by atoms with van der Waals surface area (Å²) in [5, 5.41) is 0. The summed E-state index contributed by atoms with van der Waals surface area (Å²) >= 11 is 0. The van der Waals surface area contributed by atoms with Gasteiger partial charge in [-0.05, 0) is 12.5 Å². The third kappa shape index (κ3) is 6.38. The molecule has 112 valence electrons. The Labute approximate surface area is 122 Å². The highest BCUT2D eigenvalue weighted by Gasteiger charge is 2.12. The van der Waals surface area contributed by atoms with Gasteiger partial charge in [0.1, 0.15) is 12.9 Å². The molecule has 0 saturated carbocycles. The van der Waals surface area contributed by atoms with Crippen molar-refractivity contribution in [1.29, 1.82) is 0 Å². The second kappa shape index (κ2) is 9.30. The number of carbonyl (C=O) groups excluding carboxylic acids is 3. The summed E-state index contributed by atoms with van der Waals surface area (Å²) in [7, 11) is 0. The first-order chi connectivity index (χ1) is 10.2. The minimum Gasteiger partial charge on any atom is -0.463 e. The number of benzene rings is 1. The molecule has 6 heteroatoms. The van der Waals surface area contributed by atoms with Crippen LogP contribution in [-0.2, 0) is 25.7 Å². The van der Waals surface area contributed by atoms with Crippen LogP contribution in [0.3, 0.4) is 0 Å². The Morgan fingerprint density at radius 1 is 1.19 bits per heavy atom. The highest BCUT2D eigenvalue weighted by molar-refractivity contribution is 5.83. The summed E-state index contributed by atoms with van der Waals surface area (Å²) in [4.78, 5) is 34.6. The predicted molar refractivity (Wildman–Crippen MR) is 75.2 cm³/mol. The Hall–Kier alpha value is -2.63. The van der Waals surface area contributed by atoms with Gasteiger partial charge in [0, 0.05) is 12.3 Å². The van der Waals surface area contributed by atoms with E-state index in [2.05, 4.69) is 4.74 Å². The minimum atomic E-state index is -0.716. The molecule has 0 N–H and O–H groups in total. The van der Waals surface area contributed by atoms with Crippen molar-refractivity contribution >= 4 is 18.3 Å². The SMILES string of the molecule is CCOC(=O)/C=C/N(CC=O)C(=O)OCc1ccccc1. The molecule has 0 aliphatic carbocycles. The third-order valence-electron chi connectivity index (χ3n) is 2.39. The fourth-order valence-electron chi connectivity index (χ4n) is 1.42. The lowest BCUT2D eigenvalue weighted by Crippen LogP contribution is -2.28. The van der Waals surface area contributed by atoms with E-state index in [-0.39, 0.29) is 19.8 Å². The lowest BCUT2D eigenvalue weighted by molar-refractivity contribution is -0.137. The first kappa shape index (κ1) is 16.4. The van der Waals surface area contributed by atoms with Gasteiger partial charge in [0.25, 0.3) is 0 Å². The monoisotopic (exact) mass is 291 g/mol. The molecule has 0 unspecified atom stereocenters. The van der Waals surface area contributed by atoms with Crippen molar-refractivity contribution in [2.75, 3.05) is 13.2 Å². The molecule has 0 fully saturated rings. The number of ether oxygens (including phenoxy) is 2. The molecule has 0 radical (unpaired) electrons. The van der Waals surface area contributed by atoms with Crippen molar-refractivity contribution in [3.63, 3.8) is 0 Å². The molecule has 0 aromatic heterocycles. The van der Waals surface area contributed by atoms with Gasteiger partial charge < -0.3 is 14.3 Å². The number of hydrogen-bond donors (Lipinski definition) is 0. The van der Waals surface area contributed by atoms with Gasteiger partial charge in [-0.25, -0.2) is 9.59 Å². The summed E-state index contributed by atoms with van der Waals surface area (Å²) in [5.74, 6) is -0.593. The van der Waals surface area contributed by atoms with Crippen LogP contribution in [0.5, 0.6) is 0 Å². The maximum absolute atomic E-state index is 11.8. The van der Waals surface area contributed by atoms with E-state index in [0.717, 1.165) is 16.5 Å². The molecule has 0 spiro atoms. The van der Waals surface area contributed by atoms with Crippen molar-refractivity contribution in [2.45, 2.75) is 13.5 Å². The van der Waals surface area contributed by atoms with E-state index < -0.39 is 12.1 Å². The van der Waals surface area contributed by atoms with E-state index in [1.165, 1.54) is 6.20 Å². The molecule has 6 nitrogen and oxygen atoms in total. The quantitative estimate of drug-likeness (QED) is 0.436. The van der Waals surface area contributed by atoms with Gasteiger partial charge in [-0.3, -0.25) is 4.90 Å². The Morgan fingerprint density at radius 2 is 1.90 bits per heavy atom. The van der Waals surface area contributed by atoms with Gasteiger partial charge in [-0.2, -0.15) is 0 Å². The van der Waals surface area contributed by atoms with E-state index in [0.29, 0.717) is 6.29 Å². The number of aldehydes is 1. The summed E-state index contributed by atoms with van der Waals surface area (Å²) in [6.07, 6.45) is 2.06. The number of esters is 1. The minimum absolute atomic E-state index is 0.0856. The summed E-state index contributed by atoms with van der Waals surface area (Å²) < 4.78 is 9.75. The van der Waals surface area contributed by atoms with Crippen molar-refractivity contribution in [3.8, 4) is 0 Å². The van der Waals surface area contributed by atoms with Gasteiger partial charge in [0.05, 0.1) is 13.2 Å². The molecule has 1 amide bonds. The molecule has 1 aromatic carbocycles. The predicted octanol–water partition coefficient (Wildman–Crippen LogP) is 1.90. The number of amides is 1. The van der Waals surface area contributed by atoms with E-state index in [1.54, 1.807) is 6.92 Å². The number of nitrogens with zero attached hydrogens (tertiary/aromatic N) is 1. The van der Waals surface area contributed by atoms with Crippen molar-refractivity contribution in [1.82, 2.24) is 4.90 Å². The molecule has 0 heterocycles. The molecular formula is C15H17NO5. The van der Waals surface area contributed by atoms with Gasteiger partial charge in [-0.1, -0.05) is 30.3 Å². The summed E-state index contributed by atoms with van der Waals surface area (Å²) in [6.45, 7) is 1.78. The van der Waals surface area contributed by atoms with Crippen LogP contribution in [0.25, 0.3) is 0 Å². The summed E-state index contributed by atoms with van der Waals surface area (Å²) in [6, 6.07) is 9.13. The molecule has 21 heavy (non-hydrogen) atoms. The molecular weight excluding hydrogens is 274 g/mol. The van der Waals surface area contributed by atoms with Gasteiger partial charge in [-0.15, -0.1) is 0 Å². The lowest BCUT2D eigenvalue weighted by atomic mass is 10.2. The van der Waals surface area contributed by atoms with Gasteiger partial charge in [0.2, 0.25) is 0 Å². The molecule has 0 aliphatic rings. The fourth-order valence-corrected chi connectivity index (χ4v) is 1.42. The van der Waals surface area contributed by atoms with Gasteiger partial charge >= 0.3 is 12.1 Å². The highest BCUT2D eigenvalue weighted by Crippen LogP contribution is 2.03. The molecule has 0 saturated heterocycles. The average Bonchev–Trinajstić information content (AvgIpc) is 2.50. The van der Waals surface area contributed by atoms with Gasteiger partial charge in [0.15, 0.2) is 0 Å². The normalized spacial score (nSPS) is 10.1. The largest absolute Gasteiger partial charge is 0.463 e. The van der Waals surface area contributed by atoms with E-state index in [4.69, 9.17) is 4.74 Å². The molecule has 1 aromatic rings. The van der Waals surface area contributed by atoms with Crippen LogP contribution in [0.15, 0.2) is 42.6 Å². The zero-order valence-electron chi connectivity index (χ0n) is 11.7. The second-order valence-corrected chi connectivity index (χ2v) is 3.93. The topological polar surface area (TPSA) is 72.9 Å². The van der Waals surface area contributed by atoms with E-state index >= 15 is 0 Å². The van der Waals surface area contributed by atoms with Crippen molar-refractivity contribution in [3.05, 3.63) is 48.2 Å². The fraction of sp³-hybridized carbons (Fsp3) is 0.267. The zero-order valence-corrected chi connectivity index (χ0v) is 11.7. The Kier molecular flexibility index (Phi) is 7.28. The van der Waals surface area contributed by atoms with E-state index in [1.807, 2.05) is 30.3 Å². The van der Waals surface area contributed by atoms with Crippen LogP contribution in [0.4, 0.5) is 4.79 Å². The molecule has 0 aliphatic heterocycles. The standard InChI is InChI=1S/C15H17NO5/c1-2-20-14(18)8-9-16(10-11-17)15(19)21-12-13-6-4-3-5-7-13/h3-9,11H,2,10,12H2,1H3/b9-8+. The highest BCUT2D eigenvalue weighted by atomic mass is 16.6. The zero-order chi connectivity index (χ0) is 15.5. The van der Waals surface area contributed by atoms with Crippen molar-refractivity contribution < 1.29 is 23.9 Å². The number of hydrogen-bond acceptors (Lipinski definition) is 5. The maximum atomic E-state index is 11.8. The smallest absolute Gasteiger partial charge is 0.414 e. The molecule has 1 rings (SSSR count). The molecule has 0 atom stereocenters. The van der Waals surface area contributed by atoms with Crippen LogP contribution in [0.2, 0.25) is 0 Å². The van der Waals surface area contributed by atoms with Crippen LogP contribution in [-0.4, -0.2) is 36.4 Å². The van der Waals surface area contributed by atoms with E-state index in [9.17, 15) is 14.4 Å². The maximum Gasteiger partial charge on any atom is 0.414 e. The Balaban J connectivity index is 2.56. The van der Waals surface area contributed by atoms with Crippen molar-refractivity contribution in [2.24, 2.45) is 0 Å². The first-order valence-electron chi connectivity index (χ1n) is 6.43. The Bertz CT molecular complexity index is 498. The Morgan fingerprint density at radius 3 is 2.52 bits per heavy atom. The number of carbonyl (C=O) groups is 3.